The SMILES string of the molecule is CC(C)(CNC(=O)c1ccc(CCN)cc1)S(C)(=O)=O. The number of carbonyl (C=O) groups excluding carboxylic acids is 1. The van der Waals surface area contributed by atoms with Crippen molar-refractivity contribution in [1.29, 1.82) is 0 Å². The average Bonchev–Trinajstić information content (AvgIpc) is 2.36. The van der Waals surface area contributed by atoms with Gasteiger partial charge in [0.1, 0.15) is 0 Å². The molecule has 0 unspecified atom stereocenters. The Morgan fingerprint density at radius 2 is 1.80 bits per heavy atom. The summed E-state index contributed by atoms with van der Waals surface area (Å²) in [5.41, 5.74) is 7.04. The second kappa shape index (κ2) is 6.37. The molecule has 0 aliphatic heterocycles. The summed E-state index contributed by atoms with van der Waals surface area (Å²) >= 11 is 0. The smallest absolute Gasteiger partial charge is 0.251 e. The molecule has 0 radical (unpaired) electrons. The van der Waals surface area contributed by atoms with E-state index >= 15 is 0 Å². The van der Waals surface area contributed by atoms with Crippen molar-refractivity contribution in [3.63, 3.8) is 0 Å². The topological polar surface area (TPSA) is 89.3 Å². The van der Waals surface area contributed by atoms with E-state index in [-0.39, 0.29) is 12.5 Å². The fraction of sp³-hybridized carbons (Fsp3) is 0.500. The lowest BCUT2D eigenvalue weighted by Crippen LogP contribution is -2.43. The summed E-state index contributed by atoms with van der Waals surface area (Å²) in [4.78, 5) is 12.0. The molecule has 112 valence electrons. The molecule has 0 bridgehead atoms. The molecule has 0 aliphatic rings. The molecule has 0 spiro atoms. The zero-order valence-electron chi connectivity index (χ0n) is 12.1. The standard InChI is InChI=1S/C14H22N2O3S/c1-14(2,20(3,18)19)10-16-13(17)12-6-4-11(5-7-12)8-9-15/h4-7H,8-10,15H2,1-3H3,(H,16,17). The number of carbonyl (C=O) groups is 1. The van der Waals surface area contributed by atoms with Crippen LogP contribution in [0, 0.1) is 0 Å². The molecule has 1 aromatic rings. The van der Waals surface area contributed by atoms with Gasteiger partial charge in [-0.1, -0.05) is 12.1 Å². The van der Waals surface area contributed by atoms with Gasteiger partial charge in [-0.05, 0) is 44.5 Å². The molecule has 0 fully saturated rings. The van der Waals surface area contributed by atoms with Crippen LogP contribution in [0.3, 0.4) is 0 Å². The van der Waals surface area contributed by atoms with Crippen molar-refractivity contribution in [3.05, 3.63) is 35.4 Å². The van der Waals surface area contributed by atoms with Crippen LogP contribution < -0.4 is 11.1 Å². The number of benzene rings is 1. The molecule has 20 heavy (non-hydrogen) atoms. The Balaban J connectivity index is 2.68. The summed E-state index contributed by atoms with van der Waals surface area (Å²) in [6.07, 6.45) is 1.93. The van der Waals surface area contributed by atoms with Gasteiger partial charge < -0.3 is 11.1 Å². The maximum atomic E-state index is 12.0. The normalized spacial score (nSPS) is 12.2. The van der Waals surface area contributed by atoms with Crippen LogP contribution in [-0.4, -0.2) is 38.4 Å². The summed E-state index contributed by atoms with van der Waals surface area (Å²) in [5.74, 6) is -0.277. The summed E-state index contributed by atoms with van der Waals surface area (Å²) in [5, 5.41) is 2.65. The van der Waals surface area contributed by atoms with E-state index < -0.39 is 14.6 Å². The van der Waals surface area contributed by atoms with Gasteiger partial charge in [0.15, 0.2) is 9.84 Å². The first-order valence-corrected chi connectivity index (χ1v) is 8.33. The zero-order chi connectivity index (χ0) is 15.4. The van der Waals surface area contributed by atoms with E-state index in [2.05, 4.69) is 5.32 Å². The largest absolute Gasteiger partial charge is 0.350 e. The van der Waals surface area contributed by atoms with Crippen LogP contribution in [-0.2, 0) is 16.3 Å². The predicted molar refractivity (Wildman–Crippen MR) is 80.5 cm³/mol. The molecule has 0 aromatic heterocycles. The van der Waals surface area contributed by atoms with E-state index in [1.807, 2.05) is 12.1 Å². The fourth-order valence-corrected chi connectivity index (χ4v) is 1.85. The summed E-state index contributed by atoms with van der Waals surface area (Å²) in [7, 11) is -3.22. The first-order valence-electron chi connectivity index (χ1n) is 6.44. The highest BCUT2D eigenvalue weighted by molar-refractivity contribution is 7.92. The molecule has 0 atom stereocenters. The third-order valence-corrected chi connectivity index (χ3v) is 5.48. The Labute approximate surface area is 120 Å². The molecular weight excluding hydrogens is 276 g/mol. The van der Waals surface area contributed by atoms with Gasteiger partial charge in [0.25, 0.3) is 5.91 Å². The molecule has 6 heteroatoms. The zero-order valence-corrected chi connectivity index (χ0v) is 13.0. The van der Waals surface area contributed by atoms with Crippen LogP contribution in [0.1, 0.15) is 29.8 Å². The second-order valence-electron chi connectivity index (χ2n) is 5.45. The first kappa shape index (κ1) is 16.7. The molecule has 1 aromatic carbocycles. The van der Waals surface area contributed by atoms with Gasteiger partial charge in [-0.25, -0.2) is 8.42 Å². The molecule has 0 heterocycles. The number of nitrogens with two attached hydrogens (primary N) is 1. The van der Waals surface area contributed by atoms with Crippen molar-refractivity contribution < 1.29 is 13.2 Å². The van der Waals surface area contributed by atoms with Gasteiger partial charge in [-0.2, -0.15) is 0 Å². The number of sulfone groups is 1. The van der Waals surface area contributed by atoms with Gasteiger partial charge in [-0.15, -0.1) is 0 Å². The fourth-order valence-electron chi connectivity index (χ4n) is 1.52. The quantitative estimate of drug-likeness (QED) is 0.810. The lowest BCUT2D eigenvalue weighted by molar-refractivity contribution is 0.0950. The monoisotopic (exact) mass is 298 g/mol. The molecule has 5 nitrogen and oxygen atoms in total. The molecule has 3 N–H and O–H groups in total. The average molecular weight is 298 g/mol. The number of rotatable bonds is 6. The lowest BCUT2D eigenvalue weighted by Gasteiger charge is -2.22. The number of hydrogen-bond donors (Lipinski definition) is 2. The molecule has 0 aliphatic carbocycles. The third kappa shape index (κ3) is 4.31. The molecular formula is C14H22N2O3S. The van der Waals surface area contributed by atoms with Crippen LogP contribution in [0.2, 0.25) is 0 Å². The molecule has 0 saturated heterocycles. The number of amides is 1. The first-order chi connectivity index (χ1) is 9.17. The maximum absolute atomic E-state index is 12.0. The highest BCUT2D eigenvalue weighted by Crippen LogP contribution is 2.14. The summed E-state index contributed by atoms with van der Waals surface area (Å²) < 4.78 is 22.1. The van der Waals surface area contributed by atoms with E-state index in [1.54, 1.807) is 26.0 Å². The van der Waals surface area contributed by atoms with E-state index in [4.69, 9.17) is 5.73 Å². The Hall–Kier alpha value is -1.40. The number of nitrogens with one attached hydrogen (secondary N) is 1. The summed E-state index contributed by atoms with van der Waals surface area (Å²) in [6.45, 7) is 3.82. The molecule has 1 rings (SSSR count). The highest BCUT2D eigenvalue weighted by atomic mass is 32.2. The Bertz CT molecular complexity index is 563. The summed E-state index contributed by atoms with van der Waals surface area (Å²) in [6, 6.07) is 7.13. The van der Waals surface area contributed by atoms with Crippen LogP contribution in [0.25, 0.3) is 0 Å². The Kier molecular flexibility index (Phi) is 5.30. The van der Waals surface area contributed by atoms with Crippen molar-refractivity contribution in [2.45, 2.75) is 25.0 Å². The lowest BCUT2D eigenvalue weighted by atomic mass is 10.1. The Morgan fingerprint density at radius 1 is 1.25 bits per heavy atom. The minimum absolute atomic E-state index is 0.0786. The third-order valence-electron chi connectivity index (χ3n) is 3.33. The molecule has 0 saturated carbocycles. The highest BCUT2D eigenvalue weighted by Gasteiger charge is 2.30. The number of hydrogen-bond acceptors (Lipinski definition) is 4. The van der Waals surface area contributed by atoms with Gasteiger partial charge in [-0.3, -0.25) is 4.79 Å². The van der Waals surface area contributed by atoms with Gasteiger partial charge in [0, 0.05) is 18.4 Å². The van der Waals surface area contributed by atoms with Gasteiger partial charge in [0.2, 0.25) is 0 Å². The van der Waals surface area contributed by atoms with E-state index in [0.717, 1.165) is 12.0 Å². The van der Waals surface area contributed by atoms with Crippen LogP contribution in [0.5, 0.6) is 0 Å². The van der Waals surface area contributed by atoms with E-state index in [0.29, 0.717) is 12.1 Å². The van der Waals surface area contributed by atoms with Crippen molar-refractivity contribution in [2.24, 2.45) is 5.73 Å². The molecule has 1 amide bonds. The van der Waals surface area contributed by atoms with Crippen LogP contribution in [0.4, 0.5) is 0 Å². The Morgan fingerprint density at radius 3 is 2.25 bits per heavy atom. The van der Waals surface area contributed by atoms with Gasteiger partial charge >= 0.3 is 0 Å². The van der Waals surface area contributed by atoms with Crippen molar-refractivity contribution in [3.8, 4) is 0 Å². The minimum Gasteiger partial charge on any atom is -0.350 e. The van der Waals surface area contributed by atoms with Crippen molar-refractivity contribution >= 4 is 15.7 Å². The van der Waals surface area contributed by atoms with E-state index in [9.17, 15) is 13.2 Å². The van der Waals surface area contributed by atoms with E-state index in [1.165, 1.54) is 6.26 Å². The van der Waals surface area contributed by atoms with Crippen LogP contribution in [0.15, 0.2) is 24.3 Å². The van der Waals surface area contributed by atoms with Gasteiger partial charge in [0.05, 0.1) is 4.75 Å². The minimum atomic E-state index is -3.22. The van der Waals surface area contributed by atoms with Crippen LogP contribution >= 0.6 is 0 Å². The predicted octanol–water partition coefficient (Wildman–Crippen LogP) is 0.741. The van der Waals surface area contributed by atoms with Crippen molar-refractivity contribution in [1.82, 2.24) is 5.32 Å². The maximum Gasteiger partial charge on any atom is 0.251 e. The second-order valence-corrected chi connectivity index (χ2v) is 8.10. The van der Waals surface area contributed by atoms with Crippen molar-refractivity contribution in [2.75, 3.05) is 19.3 Å².